The first-order valence-electron chi connectivity index (χ1n) is 6.47. The summed E-state index contributed by atoms with van der Waals surface area (Å²) in [5.74, 6) is -0.589. The normalized spacial score (nSPS) is 11.3. The van der Waals surface area contributed by atoms with Crippen molar-refractivity contribution in [1.29, 1.82) is 0 Å². The molecule has 0 unspecified atom stereocenters. The fourth-order valence-corrected chi connectivity index (χ4v) is 3.54. The van der Waals surface area contributed by atoms with E-state index in [1.54, 1.807) is 22.7 Å². The highest BCUT2D eigenvalue weighted by Crippen LogP contribution is 2.33. The van der Waals surface area contributed by atoms with Gasteiger partial charge in [-0.2, -0.15) is 0 Å². The van der Waals surface area contributed by atoms with Crippen LogP contribution in [0, 0.1) is 0 Å². The first-order valence-corrected chi connectivity index (χ1v) is 7.66. The summed E-state index contributed by atoms with van der Waals surface area (Å²) in [7, 11) is 0. The number of aromatic nitrogens is 3. The van der Waals surface area contributed by atoms with Crippen molar-refractivity contribution in [2.75, 3.05) is 0 Å². The van der Waals surface area contributed by atoms with Crippen LogP contribution in [0.1, 0.15) is 10.5 Å². The summed E-state index contributed by atoms with van der Waals surface area (Å²) in [6, 6.07) is 11.2. The average Bonchev–Trinajstić information content (AvgIpc) is 3.06. The summed E-state index contributed by atoms with van der Waals surface area (Å²) in [5, 5.41) is 1.23. The predicted molar refractivity (Wildman–Crippen MR) is 87.3 cm³/mol. The van der Waals surface area contributed by atoms with Gasteiger partial charge in [0, 0.05) is 6.20 Å². The smallest absolute Gasteiger partial charge is 0.269 e. The van der Waals surface area contributed by atoms with Crippen LogP contribution in [-0.4, -0.2) is 20.3 Å². The molecule has 3 heterocycles. The molecule has 3 aromatic heterocycles. The molecular formula is C15H9ClN4OS. The molecule has 5 nitrogen and oxygen atoms in total. The molecule has 0 aliphatic heterocycles. The molecule has 108 valence electrons. The highest BCUT2D eigenvalue weighted by atomic mass is 35.5. The third-order valence-corrected chi connectivity index (χ3v) is 4.58. The van der Waals surface area contributed by atoms with Crippen molar-refractivity contribution in [1.82, 2.24) is 14.4 Å². The second-order valence-electron chi connectivity index (χ2n) is 4.74. The van der Waals surface area contributed by atoms with Crippen molar-refractivity contribution in [3.05, 3.63) is 53.3 Å². The third kappa shape index (κ3) is 1.96. The van der Waals surface area contributed by atoms with Crippen LogP contribution in [0.15, 0.2) is 42.6 Å². The molecule has 0 saturated carbocycles. The lowest BCUT2D eigenvalue weighted by molar-refractivity contribution is 0.0997. The van der Waals surface area contributed by atoms with Crippen LogP contribution in [0.5, 0.6) is 0 Å². The number of hydrogen-bond donors (Lipinski definition) is 1. The zero-order valence-electron chi connectivity index (χ0n) is 11.2. The van der Waals surface area contributed by atoms with Crippen LogP contribution >= 0.6 is 22.9 Å². The number of benzene rings is 1. The average molecular weight is 329 g/mol. The monoisotopic (exact) mass is 328 g/mol. The summed E-state index contributed by atoms with van der Waals surface area (Å²) in [6.45, 7) is 0. The molecular weight excluding hydrogens is 320 g/mol. The maximum absolute atomic E-state index is 11.8. The fraction of sp³-hybridized carbons (Fsp3) is 0. The van der Waals surface area contributed by atoms with Gasteiger partial charge in [0.05, 0.1) is 15.2 Å². The lowest BCUT2D eigenvalue weighted by Gasteiger charge is -2.00. The van der Waals surface area contributed by atoms with Gasteiger partial charge in [-0.1, -0.05) is 23.7 Å². The van der Waals surface area contributed by atoms with Crippen LogP contribution in [0.2, 0.25) is 5.02 Å². The number of fused-ring (bicyclic) bond motifs is 2. The van der Waals surface area contributed by atoms with Gasteiger partial charge < -0.3 is 5.73 Å². The maximum Gasteiger partial charge on any atom is 0.269 e. The predicted octanol–water partition coefficient (Wildman–Crippen LogP) is 3.36. The Kier molecular flexibility index (Phi) is 2.88. The SMILES string of the molecule is NC(=O)c1nc2ccc(Cl)cn2c1-c1nc2ccccc2s1. The van der Waals surface area contributed by atoms with E-state index in [-0.39, 0.29) is 5.69 Å². The van der Waals surface area contributed by atoms with Crippen LogP contribution < -0.4 is 5.73 Å². The first kappa shape index (κ1) is 13.2. The Morgan fingerprint density at radius 3 is 2.77 bits per heavy atom. The van der Waals surface area contributed by atoms with Crippen molar-refractivity contribution in [2.45, 2.75) is 0 Å². The number of primary amides is 1. The number of carbonyl (C=O) groups is 1. The maximum atomic E-state index is 11.8. The third-order valence-electron chi connectivity index (χ3n) is 3.31. The Bertz CT molecular complexity index is 1000. The quantitative estimate of drug-likeness (QED) is 0.613. The fourth-order valence-electron chi connectivity index (χ4n) is 2.37. The number of nitrogens with zero attached hydrogens (tertiary/aromatic N) is 3. The highest BCUT2D eigenvalue weighted by molar-refractivity contribution is 7.21. The van der Waals surface area contributed by atoms with Gasteiger partial charge in [-0.05, 0) is 24.3 Å². The van der Waals surface area contributed by atoms with Crippen molar-refractivity contribution in [2.24, 2.45) is 5.73 Å². The van der Waals surface area contributed by atoms with E-state index >= 15 is 0 Å². The molecule has 0 aliphatic rings. The lowest BCUT2D eigenvalue weighted by Crippen LogP contribution is -2.12. The molecule has 0 atom stereocenters. The number of amides is 1. The van der Waals surface area contributed by atoms with Crippen molar-refractivity contribution in [3.63, 3.8) is 0 Å². The number of imidazole rings is 1. The second kappa shape index (κ2) is 4.79. The molecule has 4 aromatic rings. The number of nitrogens with two attached hydrogens (primary N) is 1. The molecule has 2 N–H and O–H groups in total. The van der Waals surface area contributed by atoms with Crippen molar-refractivity contribution < 1.29 is 4.79 Å². The minimum atomic E-state index is -0.589. The molecule has 0 radical (unpaired) electrons. The summed E-state index contributed by atoms with van der Waals surface area (Å²) >= 11 is 7.55. The summed E-state index contributed by atoms with van der Waals surface area (Å²) < 4.78 is 2.78. The number of halogens is 1. The molecule has 22 heavy (non-hydrogen) atoms. The van der Waals surface area contributed by atoms with E-state index in [1.807, 2.05) is 24.3 Å². The van der Waals surface area contributed by atoms with Crippen LogP contribution in [-0.2, 0) is 0 Å². The summed E-state index contributed by atoms with van der Waals surface area (Å²) in [5.41, 5.74) is 7.72. The summed E-state index contributed by atoms with van der Waals surface area (Å²) in [4.78, 5) is 20.6. The van der Waals surface area contributed by atoms with Gasteiger partial charge in [-0.25, -0.2) is 9.97 Å². The van der Waals surface area contributed by atoms with Crippen molar-refractivity contribution in [3.8, 4) is 10.7 Å². The van der Waals surface area contributed by atoms with Gasteiger partial charge in [0.1, 0.15) is 16.3 Å². The number of thiazole rings is 1. The van der Waals surface area contributed by atoms with E-state index in [9.17, 15) is 4.79 Å². The molecule has 4 rings (SSSR count). The van der Waals surface area contributed by atoms with Crippen LogP contribution in [0.3, 0.4) is 0 Å². The van der Waals surface area contributed by atoms with Gasteiger partial charge in [-0.15, -0.1) is 11.3 Å². The van der Waals surface area contributed by atoms with E-state index < -0.39 is 5.91 Å². The number of carbonyl (C=O) groups excluding carboxylic acids is 1. The van der Waals surface area contributed by atoms with Crippen molar-refractivity contribution >= 4 is 44.7 Å². The molecule has 1 aromatic carbocycles. The number of para-hydroxylation sites is 1. The van der Waals surface area contributed by atoms with Gasteiger partial charge in [0.15, 0.2) is 5.69 Å². The van der Waals surface area contributed by atoms with Crippen LogP contribution in [0.25, 0.3) is 26.6 Å². The van der Waals surface area contributed by atoms with E-state index in [0.717, 1.165) is 10.2 Å². The van der Waals surface area contributed by atoms with Crippen LogP contribution in [0.4, 0.5) is 0 Å². The Morgan fingerprint density at radius 1 is 1.18 bits per heavy atom. The molecule has 7 heteroatoms. The molecule has 1 amide bonds. The minimum absolute atomic E-state index is 0.196. The Labute approximate surface area is 134 Å². The van der Waals surface area contributed by atoms with E-state index in [1.165, 1.54) is 11.3 Å². The van der Waals surface area contributed by atoms with Gasteiger partial charge >= 0.3 is 0 Å². The standard InChI is InChI=1S/C15H9ClN4OS/c16-8-5-6-11-19-12(14(17)21)13(20(11)7-8)15-18-9-3-1-2-4-10(9)22-15/h1-7H,(H2,17,21). The van der Waals surface area contributed by atoms with Gasteiger partial charge in [-0.3, -0.25) is 9.20 Å². The van der Waals surface area contributed by atoms with E-state index in [4.69, 9.17) is 17.3 Å². The summed E-state index contributed by atoms with van der Waals surface area (Å²) in [6.07, 6.45) is 1.71. The number of hydrogen-bond acceptors (Lipinski definition) is 4. The largest absolute Gasteiger partial charge is 0.364 e. The zero-order chi connectivity index (χ0) is 15.3. The molecule has 0 spiro atoms. The molecule has 0 bridgehead atoms. The van der Waals surface area contributed by atoms with Gasteiger partial charge in [0.2, 0.25) is 0 Å². The highest BCUT2D eigenvalue weighted by Gasteiger charge is 2.21. The second-order valence-corrected chi connectivity index (χ2v) is 6.20. The lowest BCUT2D eigenvalue weighted by atomic mass is 10.3. The topological polar surface area (TPSA) is 73.3 Å². The Hall–Kier alpha value is -2.44. The minimum Gasteiger partial charge on any atom is -0.364 e. The Balaban J connectivity index is 2.09. The van der Waals surface area contributed by atoms with E-state index in [2.05, 4.69) is 9.97 Å². The molecule has 0 saturated heterocycles. The number of pyridine rings is 1. The van der Waals surface area contributed by atoms with E-state index in [0.29, 0.717) is 21.4 Å². The molecule has 0 aliphatic carbocycles. The first-order chi connectivity index (χ1) is 10.6. The molecule has 0 fully saturated rings. The zero-order valence-corrected chi connectivity index (χ0v) is 12.7. The van der Waals surface area contributed by atoms with Gasteiger partial charge in [0.25, 0.3) is 5.91 Å². The Morgan fingerprint density at radius 2 is 2.00 bits per heavy atom. The number of rotatable bonds is 2.